The van der Waals surface area contributed by atoms with Crippen LogP contribution in [-0.4, -0.2) is 14.3 Å². The molecular weight excluding hydrogens is 420 g/mol. The van der Waals surface area contributed by atoms with E-state index in [1.165, 1.54) is 24.3 Å². The molecule has 0 unspecified atom stereocenters. The molecule has 1 amide bonds. The van der Waals surface area contributed by atoms with E-state index in [4.69, 9.17) is 11.6 Å². The normalized spacial score (nSPS) is 11.4. The van der Waals surface area contributed by atoms with Gasteiger partial charge in [0, 0.05) is 16.3 Å². The highest BCUT2D eigenvalue weighted by molar-refractivity contribution is 7.92. The first-order chi connectivity index (χ1) is 14.2. The highest BCUT2D eigenvalue weighted by Gasteiger charge is 2.17. The van der Waals surface area contributed by atoms with Gasteiger partial charge in [-0.15, -0.1) is 0 Å². The van der Waals surface area contributed by atoms with Crippen molar-refractivity contribution in [2.75, 3.05) is 10.0 Å². The van der Waals surface area contributed by atoms with Crippen molar-refractivity contribution >= 4 is 38.9 Å². The number of carbonyl (C=O) groups is 1. The first kappa shape index (κ1) is 21.9. The number of aryl methyl sites for hydroxylation is 1. The Hall–Kier alpha value is -2.83. The van der Waals surface area contributed by atoms with E-state index in [9.17, 15) is 13.2 Å². The molecule has 156 valence electrons. The van der Waals surface area contributed by atoms with Crippen molar-refractivity contribution in [3.8, 4) is 0 Å². The molecular formula is C23H23ClN2O3S. The standard InChI is InChI=1S/C23H23ClN2O3S/c1-15(2)20-6-4-5-7-22(20)25-23(27)17-8-13-21(16(3)14-17)26-30(28,29)19-11-9-18(24)10-12-19/h4-15,26H,1-3H3,(H,25,27). The second kappa shape index (κ2) is 8.90. The molecule has 0 spiro atoms. The summed E-state index contributed by atoms with van der Waals surface area (Å²) >= 11 is 5.83. The maximum absolute atomic E-state index is 12.7. The fourth-order valence-electron chi connectivity index (χ4n) is 3.05. The molecule has 0 aromatic heterocycles. The maximum atomic E-state index is 12.7. The molecule has 0 saturated heterocycles. The molecule has 0 bridgehead atoms. The first-order valence-corrected chi connectivity index (χ1v) is 11.3. The third-order valence-corrected chi connectivity index (χ3v) is 6.32. The summed E-state index contributed by atoms with van der Waals surface area (Å²) in [5, 5.41) is 3.40. The van der Waals surface area contributed by atoms with Gasteiger partial charge in [0.15, 0.2) is 0 Å². The van der Waals surface area contributed by atoms with Crippen LogP contribution in [0.4, 0.5) is 11.4 Å². The monoisotopic (exact) mass is 442 g/mol. The summed E-state index contributed by atoms with van der Waals surface area (Å²) in [6, 6.07) is 18.4. The lowest BCUT2D eigenvalue weighted by Crippen LogP contribution is -2.16. The van der Waals surface area contributed by atoms with E-state index in [0.29, 0.717) is 21.8 Å². The van der Waals surface area contributed by atoms with Gasteiger partial charge in [-0.3, -0.25) is 9.52 Å². The Bertz CT molecular complexity index is 1170. The van der Waals surface area contributed by atoms with Crippen LogP contribution in [0.5, 0.6) is 0 Å². The molecule has 3 aromatic rings. The minimum absolute atomic E-state index is 0.110. The van der Waals surface area contributed by atoms with E-state index in [0.717, 1.165) is 11.3 Å². The van der Waals surface area contributed by atoms with Gasteiger partial charge in [-0.1, -0.05) is 43.6 Å². The van der Waals surface area contributed by atoms with Crippen molar-refractivity contribution in [2.45, 2.75) is 31.6 Å². The van der Waals surface area contributed by atoms with Crippen molar-refractivity contribution in [3.05, 3.63) is 88.4 Å². The van der Waals surface area contributed by atoms with Crippen LogP contribution in [0.15, 0.2) is 71.6 Å². The predicted octanol–water partition coefficient (Wildman–Crippen LogP) is 5.82. The van der Waals surface area contributed by atoms with E-state index in [-0.39, 0.29) is 16.7 Å². The minimum atomic E-state index is -3.76. The highest BCUT2D eigenvalue weighted by atomic mass is 35.5. The zero-order chi connectivity index (χ0) is 21.9. The van der Waals surface area contributed by atoms with Gasteiger partial charge in [0.1, 0.15) is 0 Å². The number of hydrogen-bond donors (Lipinski definition) is 2. The van der Waals surface area contributed by atoms with Gasteiger partial charge in [-0.25, -0.2) is 8.42 Å². The van der Waals surface area contributed by atoms with Crippen molar-refractivity contribution in [3.63, 3.8) is 0 Å². The van der Waals surface area contributed by atoms with Gasteiger partial charge in [0.2, 0.25) is 0 Å². The molecule has 0 aliphatic heterocycles. The average Bonchev–Trinajstić information content (AvgIpc) is 2.70. The van der Waals surface area contributed by atoms with Crippen molar-refractivity contribution in [2.24, 2.45) is 0 Å². The van der Waals surface area contributed by atoms with Crippen molar-refractivity contribution in [1.29, 1.82) is 0 Å². The average molecular weight is 443 g/mol. The molecule has 0 radical (unpaired) electrons. The molecule has 0 heterocycles. The van der Waals surface area contributed by atoms with Crippen molar-refractivity contribution < 1.29 is 13.2 Å². The van der Waals surface area contributed by atoms with Crippen molar-refractivity contribution in [1.82, 2.24) is 0 Å². The van der Waals surface area contributed by atoms with E-state index in [1.807, 2.05) is 24.3 Å². The third kappa shape index (κ3) is 5.01. The summed E-state index contributed by atoms with van der Waals surface area (Å²) in [7, 11) is -3.76. The molecule has 7 heteroatoms. The van der Waals surface area contributed by atoms with Gasteiger partial charge in [-0.05, 0) is 72.5 Å². The van der Waals surface area contributed by atoms with E-state index in [1.54, 1.807) is 25.1 Å². The van der Waals surface area contributed by atoms with Crippen LogP contribution in [0.25, 0.3) is 0 Å². The quantitative estimate of drug-likeness (QED) is 0.504. The Kier molecular flexibility index (Phi) is 6.48. The minimum Gasteiger partial charge on any atom is -0.322 e. The molecule has 5 nitrogen and oxygen atoms in total. The number of sulfonamides is 1. The number of halogens is 1. The Morgan fingerprint density at radius 3 is 2.23 bits per heavy atom. The van der Waals surface area contributed by atoms with Crippen LogP contribution >= 0.6 is 11.6 Å². The van der Waals surface area contributed by atoms with Gasteiger partial charge < -0.3 is 5.32 Å². The highest BCUT2D eigenvalue weighted by Crippen LogP contribution is 2.26. The van der Waals surface area contributed by atoms with Crippen LogP contribution in [0, 0.1) is 6.92 Å². The zero-order valence-corrected chi connectivity index (χ0v) is 18.5. The molecule has 3 aromatic carbocycles. The van der Waals surface area contributed by atoms with Crippen LogP contribution in [0.1, 0.15) is 41.3 Å². The van der Waals surface area contributed by atoms with Crippen LogP contribution in [-0.2, 0) is 10.0 Å². The number of hydrogen-bond acceptors (Lipinski definition) is 3. The van der Waals surface area contributed by atoms with Crippen LogP contribution in [0.2, 0.25) is 5.02 Å². The summed E-state index contributed by atoms with van der Waals surface area (Å²) in [4.78, 5) is 12.8. The van der Waals surface area contributed by atoms with E-state index >= 15 is 0 Å². The van der Waals surface area contributed by atoms with Gasteiger partial charge in [-0.2, -0.15) is 0 Å². The van der Waals surface area contributed by atoms with Crippen LogP contribution in [0.3, 0.4) is 0 Å². The molecule has 3 rings (SSSR count). The van der Waals surface area contributed by atoms with Crippen LogP contribution < -0.4 is 10.0 Å². The largest absolute Gasteiger partial charge is 0.322 e. The molecule has 2 N–H and O–H groups in total. The lowest BCUT2D eigenvalue weighted by atomic mass is 10.0. The van der Waals surface area contributed by atoms with E-state index < -0.39 is 10.0 Å². The van der Waals surface area contributed by atoms with Gasteiger partial charge in [0.05, 0.1) is 10.6 Å². The second-order valence-electron chi connectivity index (χ2n) is 7.29. The Labute approximate surface area is 182 Å². The summed E-state index contributed by atoms with van der Waals surface area (Å²) in [5.41, 5.74) is 3.31. The molecule has 30 heavy (non-hydrogen) atoms. The topological polar surface area (TPSA) is 75.3 Å². The summed E-state index contributed by atoms with van der Waals surface area (Å²) in [5.74, 6) is 0.0196. The number of nitrogens with one attached hydrogen (secondary N) is 2. The summed E-state index contributed by atoms with van der Waals surface area (Å²) < 4.78 is 27.7. The molecule has 0 atom stereocenters. The Balaban J connectivity index is 1.80. The predicted molar refractivity (Wildman–Crippen MR) is 122 cm³/mol. The molecule has 0 saturated carbocycles. The Morgan fingerprint density at radius 2 is 1.60 bits per heavy atom. The Morgan fingerprint density at radius 1 is 0.933 bits per heavy atom. The lowest BCUT2D eigenvalue weighted by Gasteiger charge is -2.15. The second-order valence-corrected chi connectivity index (χ2v) is 9.40. The van der Waals surface area contributed by atoms with Gasteiger partial charge in [0.25, 0.3) is 15.9 Å². The first-order valence-electron chi connectivity index (χ1n) is 9.46. The smallest absolute Gasteiger partial charge is 0.261 e. The summed E-state index contributed by atoms with van der Waals surface area (Å²) in [6.07, 6.45) is 0. The zero-order valence-electron chi connectivity index (χ0n) is 16.9. The number of rotatable bonds is 6. The number of anilines is 2. The number of para-hydroxylation sites is 1. The SMILES string of the molecule is Cc1cc(C(=O)Nc2ccccc2C(C)C)ccc1NS(=O)(=O)c1ccc(Cl)cc1. The fourth-order valence-corrected chi connectivity index (χ4v) is 4.30. The summed E-state index contributed by atoms with van der Waals surface area (Å²) in [6.45, 7) is 5.88. The van der Waals surface area contributed by atoms with E-state index in [2.05, 4.69) is 23.9 Å². The lowest BCUT2D eigenvalue weighted by molar-refractivity contribution is 0.102. The molecule has 0 aliphatic carbocycles. The maximum Gasteiger partial charge on any atom is 0.261 e. The number of amides is 1. The molecule has 0 aliphatic rings. The fraction of sp³-hybridized carbons (Fsp3) is 0.174. The number of benzene rings is 3. The third-order valence-electron chi connectivity index (χ3n) is 4.69. The van der Waals surface area contributed by atoms with Gasteiger partial charge >= 0.3 is 0 Å². The molecule has 0 fully saturated rings. The number of carbonyl (C=O) groups excluding carboxylic acids is 1.